The number of hydrogen-bond donors (Lipinski definition) is 2. The molecule has 0 unspecified atom stereocenters. The van der Waals surface area contributed by atoms with Crippen molar-refractivity contribution in [1.29, 1.82) is 0 Å². The number of esters is 1. The zero-order valence-corrected chi connectivity index (χ0v) is 14.1. The normalized spacial score (nSPS) is 15.9. The molecule has 0 saturated carbocycles. The van der Waals surface area contributed by atoms with Crippen LogP contribution in [0.15, 0.2) is 4.79 Å². The van der Waals surface area contributed by atoms with E-state index in [1.165, 1.54) is 16.2 Å². The van der Waals surface area contributed by atoms with Gasteiger partial charge in [-0.25, -0.2) is 4.79 Å². The van der Waals surface area contributed by atoms with Crippen LogP contribution in [0.3, 0.4) is 0 Å². The number of ether oxygens (including phenoxy) is 1. The fraction of sp³-hybridized carbons (Fsp3) is 0.600. The zero-order valence-electron chi connectivity index (χ0n) is 14.1. The molecule has 0 atom stereocenters. The molecule has 9 heteroatoms. The molecule has 9 nitrogen and oxygen atoms in total. The lowest BCUT2D eigenvalue weighted by Gasteiger charge is -2.28. The van der Waals surface area contributed by atoms with Gasteiger partial charge in [0.15, 0.2) is 0 Å². The molecule has 1 saturated heterocycles. The van der Waals surface area contributed by atoms with Crippen molar-refractivity contribution in [3.05, 3.63) is 10.4 Å². The Morgan fingerprint density at radius 1 is 1.46 bits per heavy atom. The highest BCUT2D eigenvalue weighted by Crippen LogP contribution is 2.21. The van der Waals surface area contributed by atoms with Gasteiger partial charge in [-0.2, -0.15) is 4.98 Å². The third-order valence-electron chi connectivity index (χ3n) is 4.60. The van der Waals surface area contributed by atoms with Gasteiger partial charge in [0.1, 0.15) is 14.1 Å². The standard InChI is InChI=1S/C15H21N5O4/c1-4-24-13(22)9-5-7-20(8-6-9)14-16-10-11(17-14)18(2)15(23)19(3)12(10)21/h9H,4-8H2,1-3H3,(H,16,17,21)/p+2. The van der Waals surface area contributed by atoms with Crippen molar-refractivity contribution in [3.63, 3.8) is 0 Å². The van der Waals surface area contributed by atoms with Crippen molar-refractivity contribution in [2.24, 2.45) is 20.0 Å². The number of hydrogen-bond acceptors (Lipinski definition) is 5. The van der Waals surface area contributed by atoms with E-state index >= 15 is 0 Å². The largest absolute Gasteiger partial charge is 0.519 e. The lowest BCUT2D eigenvalue weighted by Crippen LogP contribution is -2.42. The van der Waals surface area contributed by atoms with Crippen molar-refractivity contribution < 1.29 is 24.2 Å². The lowest BCUT2D eigenvalue weighted by molar-refractivity contribution is -0.690. The third kappa shape index (κ3) is 2.59. The topological polar surface area (TPSA) is 106 Å². The lowest BCUT2D eigenvalue weighted by atomic mass is 9.97. The Morgan fingerprint density at radius 2 is 2.12 bits per heavy atom. The van der Waals surface area contributed by atoms with E-state index < -0.39 is 0 Å². The number of nitrogens with zero attached hydrogens (tertiary/aromatic N) is 3. The van der Waals surface area contributed by atoms with Crippen LogP contribution in [0.1, 0.15) is 19.8 Å². The van der Waals surface area contributed by atoms with Gasteiger partial charge in [0.25, 0.3) is 5.52 Å². The maximum Gasteiger partial charge on any atom is 0.519 e. The number of aromatic amines is 2. The summed E-state index contributed by atoms with van der Waals surface area (Å²) in [5.41, 5.74) is 0.628. The highest BCUT2D eigenvalue weighted by atomic mass is 16.5. The Bertz CT molecular complexity index is 832. The second-order valence-corrected chi connectivity index (χ2v) is 6.06. The summed E-state index contributed by atoms with van der Waals surface area (Å²) in [6, 6.07) is -0.129. The van der Waals surface area contributed by atoms with Gasteiger partial charge in [-0.15, -0.1) is 9.13 Å². The SMILES string of the molecule is CCOC(=O)C1CCN(c2[nH]c3c(=O)n(C)c(O)[n+](C)c3[nH+]2)CC1. The molecule has 1 aliphatic heterocycles. The van der Waals surface area contributed by atoms with Gasteiger partial charge < -0.3 is 14.7 Å². The average molecular weight is 337 g/mol. The summed E-state index contributed by atoms with van der Waals surface area (Å²) in [6.45, 7) is 3.58. The number of aryl methyl sites for hydroxylation is 1. The minimum Gasteiger partial charge on any atom is -0.466 e. The number of imidazole rings is 1. The Kier molecular flexibility index (Phi) is 4.16. The van der Waals surface area contributed by atoms with Crippen LogP contribution in [0.2, 0.25) is 0 Å². The van der Waals surface area contributed by atoms with Gasteiger partial charge in [0.05, 0.1) is 12.5 Å². The first-order valence-corrected chi connectivity index (χ1v) is 8.08. The maximum absolute atomic E-state index is 12.3. The van der Waals surface area contributed by atoms with Crippen molar-refractivity contribution in [3.8, 4) is 6.01 Å². The third-order valence-corrected chi connectivity index (χ3v) is 4.60. The summed E-state index contributed by atoms with van der Waals surface area (Å²) in [5.74, 6) is 0.493. The van der Waals surface area contributed by atoms with E-state index in [1.807, 2.05) is 6.92 Å². The fourth-order valence-electron chi connectivity index (χ4n) is 3.13. The van der Waals surface area contributed by atoms with Crippen LogP contribution >= 0.6 is 0 Å². The number of carbonyl (C=O) groups excluding carboxylic acids is 1. The van der Waals surface area contributed by atoms with E-state index in [2.05, 4.69) is 14.9 Å². The molecule has 2 aromatic heterocycles. The fourth-order valence-corrected chi connectivity index (χ4v) is 3.13. The van der Waals surface area contributed by atoms with Gasteiger partial charge in [-0.1, -0.05) is 0 Å². The zero-order chi connectivity index (χ0) is 17.4. The molecule has 1 aliphatic rings. The van der Waals surface area contributed by atoms with Crippen molar-refractivity contribution in [2.75, 3.05) is 24.6 Å². The molecule has 0 aliphatic carbocycles. The van der Waals surface area contributed by atoms with E-state index in [-0.39, 0.29) is 23.5 Å². The van der Waals surface area contributed by atoms with Gasteiger partial charge in [-0.3, -0.25) is 9.78 Å². The Labute approximate surface area is 138 Å². The predicted molar refractivity (Wildman–Crippen MR) is 84.5 cm³/mol. The molecule has 0 spiro atoms. The molecule has 3 rings (SSSR count). The average Bonchev–Trinajstić information content (AvgIpc) is 3.04. The van der Waals surface area contributed by atoms with E-state index in [1.54, 1.807) is 7.05 Å². The molecule has 0 amide bonds. The second-order valence-electron chi connectivity index (χ2n) is 6.06. The maximum atomic E-state index is 12.3. The Balaban J connectivity index is 1.85. The second kappa shape index (κ2) is 6.14. The molecule has 0 radical (unpaired) electrons. The van der Waals surface area contributed by atoms with Crippen LogP contribution in [0.5, 0.6) is 6.01 Å². The van der Waals surface area contributed by atoms with Gasteiger partial charge in [0, 0.05) is 13.1 Å². The predicted octanol–water partition coefficient (Wildman–Crippen LogP) is -1.01. The van der Waals surface area contributed by atoms with Crippen LogP contribution in [0.25, 0.3) is 11.2 Å². The smallest absolute Gasteiger partial charge is 0.466 e. The first-order chi connectivity index (χ1) is 11.4. The summed E-state index contributed by atoms with van der Waals surface area (Å²) < 4.78 is 7.78. The minimum atomic E-state index is -0.301. The van der Waals surface area contributed by atoms with E-state index in [4.69, 9.17) is 4.74 Å². The van der Waals surface area contributed by atoms with Crippen molar-refractivity contribution in [2.45, 2.75) is 19.8 Å². The molecule has 0 aromatic carbocycles. The number of rotatable bonds is 3. The van der Waals surface area contributed by atoms with Crippen LogP contribution in [-0.2, 0) is 23.6 Å². The molecule has 3 N–H and O–H groups in total. The van der Waals surface area contributed by atoms with Crippen molar-refractivity contribution >= 4 is 23.1 Å². The molecule has 0 bridgehead atoms. The number of aromatic hydroxyl groups is 1. The molecule has 3 heterocycles. The summed E-state index contributed by atoms with van der Waals surface area (Å²) in [4.78, 5) is 32.4. The minimum absolute atomic E-state index is 0.0707. The molecule has 2 aromatic rings. The Morgan fingerprint density at radius 3 is 2.75 bits per heavy atom. The number of carbonyl (C=O) groups is 1. The number of fused-ring (bicyclic) bond motifs is 1. The monoisotopic (exact) mass is 337 g/mol. The summed E-state index contributed by atoms with van der Waals surface area (Å²) >= 11 is 0. The number of aromatic nitrogens is 4. The van der Waals surface area contributed by atoms with E-state index in [0.29, 0.717) is 49.7 Å². The van der Waals surface area contributed by atoms with Gasteiger partial charge in [-0.05, 0) is 19.8 Å². The molecular formula is C15H23N5O4+2. The summed E-state index contributed by atoms with van der Waals surface area (Å²) in [6.07, 6.45) is 1.41. The van der Waals surface area contributed by atoms with E-state index in [0.717, 1.165) is 0 Å². The summed E-state index contributed by atoms with van der Waals surface area (Å²) in [7, 11) is 3.20. The first kappa shape index (κ1) is 16.3. The number of nitrogens with one attached hydrogen (secondary N) is 2. The first-order valence-electron chi connectivity index (χ1n) is 8.08. The van der Waals surface area contributed by atoms with E-state index in [9.17, 15) is 14.7 Å². The molecular weight excluding hydrogens is 314 g/mol. The van der Waals surface area contributed by atoms with Gasteiger partial charge in [0.2, 0.25) is 0 Å². The van der Waals surface area contributed by atoms with Crippen LogP contribution < -0.4 is 20.0 Å². The van der Waals surface area contributed by atoms with Crippen LogP contribution in [-0.4, -0.2) is 40.3 Å². The molecule has 130 valence electrons. The quantitative estimate of drug-likeness (QED) is 0.551. The summed E-state index contributed by atoms with van der Waals surface area (Å²) in [5, 5.41) is 9.98. The van der Waals surface area contributed by atoms with Crippen LogP contribution in [0.4, 0.5) is 5.95 Å². The van der Waals surface area contributed by atoms with Crippen molar-refractivity contribution in [1.82, 2.24) is 9.55 Å². The number of piperidine rings is 1. The highest BCUT2D eigenvalue weighted by Gasteiger charge is 2.32. The number of anilines is 1. The highest BCUT2D eigenvalue weighted by molar-refractivity contribution is 5.73. The van der Waals surface area contributed by atoms with Gasteiger partial charge >= 0.3 is 29.1 Å². The molecule has 24 heavy (non-hydrogen) atoms. The van der Waals surface area contributed by atoms with Crippen LogP contribution in [0, 0.1) is 5.92 Å². The Hall–Kier alpha value is -2.58. The molecule has 1 fully saturated rings. The number of H-pyrrole nitrogens is 2.